The first kappa shape index (κ1) is 18.5. The highest BCUT2D eigenvalue weighted by atomic mass is 35.5. The van der Waals surface area contributed by atoms with Crippen molar-refractivity contribution in [1.82, 2.24) is 0 Å². The van der Waals surface area contributed by atoms with Gasteiger partial charge in [-0.2, -0.15) is 0 Å². The van der Waals surface area contributed by atoms with Crippen molar-refractivity contribution in [3.63, 3.8) is 0 Å². The molecule has 0 saturated carbocycles. The number of anilines is 1. The zero-order valence-electron chi connectivity index (χ0n) is 12.8. The highest BCUT2D eigenvalue weighted by Gasteiger charge is 2.20. The van der Waals surface area contributed by atoms with Gasteiger partial charge in [-0.25, -0.2) is 14.4 Å². The SMILES string of the molecule is CCOC(=O)c1cccc(NC=C(C(=O)OC)C(=O)OC)c1Cl. The summed E-state index contributed by atoms with van der Waals surface area (Å²) < 4.78 is 13.9. The molecule has 7 nitrogen and oxygen atoms in total. The number of esters is 3. The zero-order chi connectivity index (χ0) is 17.4. The van der Waals surface area contributed by atoms with Gasteiger partial charge in [0.05, 0.1) is 37.1 Å². The van der Waals surface area contributed by atoms with Crippen LogP contribution in [0.1, 0.15) is 17.3 Å². The first-order valence-corrected chi connectivity index (χ1v) is 6.93. The van der Waals surface area contributed by atoms with Crippen LogP contribution >= 0.6 is 11.6 Å². The molecule has 0 aliphatic carbocycles. The van der Waals surface area contributed by atoms with Crippen molar-refractivity contribution >= 4 is 35.2 Å². The number of halogens is 1. The normalized spacial score (nSPS) is 9.57. The van der Waals surface area contributed by atoms with Crippen LogP contribution in [0.4, 0.5) is 5.69 Å². The molecule has 1 N–H and O–H groups in total. The lowest BCUT2D eigenvalue weighted by atomic mass is 10.2. The molecule has 0 amide bonds. The summed E-state index contributed by atoms with van der Waals surface area (Å²) in [5.41, 5.74) is 0.111. The molecule has 0 atom stereocenters. The summed E-state index contributed by atoms with van der Waals surface area (Å²) in [5.74, 6) is -2.32. The average Bonchev–Trinajstić information content (AvgIpc) is 2.55. The molecular formula is C15H16ClNO6. The summed E-state index contributed by atoms with van der Waals surface area (Å²) in [6, 6.07) is 4.63. The molecule has 0 aromatic heterocycles. The van der Waals surface area contributed by atoms with E-state index >= 15 is 0 Å². The number of carbonyl (C=O) groups is 3. The van der Waals surface area contributed by atoms with Crippen LogP contribution in [-0.2, 0) is 23.8 Å². The van der Waals surface area contributed by atoms with E-state index < -0.39 is 17.9 Å². The summed E-state index contributed by atoms with van der Waals surface area (Å²) in [6.45, 7) is 1.89. The number of ether oxygens (including phenoxy) is 3. The number of nitrogens with one attached hydrogen (secondary N) is 1. The van der Waals surface area contributed by atoms with E-state index in [1.165, 1.54) is 6.07 Å². The van der Waals surface area contributed by atoms with Crippen molar-refractivity contribution in [3.8, 4) is 0 Å². The molecule has 0 aliphatic heterocycles. The second-order valence-corrected chi connectivity index (χ2v) is 4.45. The van der Waals surface area contributed by atoms with Crippen molar-refractivity contribution in [2.75, 3.05) is 26.1 Å². The Balaban J connectivity index is 3.10. The molecule has 0 unspecified atom stereocenters. The summed E-state index contributed by atoms with van der Waals surface area (Å²) in [5, 5.41) is 2.77. The second-order valence-electron chi connectivity index (χ2n) is 4.07. The van der Waals surface area contributed by atoms with Gasteiger partial charge < -0.3 is 19.5 Å². The average molecular weight is 342 g/mol. The Morgan fingerprint density at radius 2 is 1.78 bits per heavy atom. The van der Waals surface area contributed by atoms with Crippen molar-refractivity contribution < 1.29 is 28.6 Å². The number of hydrogen-bond donors (Lipinski definition) is 1. The van der Waals surface area contributed by atoms with Gasteiger partial charge in [-0.1, -0.05) is 17.7 Å². The smallest absolute Gasteiger partial charge is 0.346 e. The summed E-state index contributed by atoms with van der Waals surface area (Å²) in [7, 11) is 2.26. The van der Waals surface area contributed by atoms with Gasteiger partial charge in [0.1, 0.15) is 0 Å². The highest BCUT2D eigenvalue weighted by molar-refractivity contribution is 6.36. The number of benzene rings is 1. The van der Waals surface area contributed by atoms with E-state index in [1.54, 1.807) is 19.1 Å². The van der Waals surface area contributed by atoms with Gasteiger partial charge in [-0.15, -0.1) is 0 Å². The molecular weight excluding hydrogens is 326 g/mol. The minimum atomic E-state index is -0.873. The quantitative estimate of drug-likeness (QED) is 0.279. The predicted molar refractivity (Wildman–Crippen MR) is 83.1 cm³/mol. The standard InChI is InChI=1S/C15H16ClNO6/c1-4-23-15(20)9-6-5-7-11(12(9)16)17-8-10(13(18)21-2)14(19)22-3/h5-8,17H,4H2,1-3H3. The van der Waals surface area contributed by atoms with Gasteiger partial charge in [-0.05, 0) is 19.1 Å². The first-order chi connectivity index (χ1) is 11.0. The molecule has 0 fully saturated rings. The summed E-state index contributed by atoms with van der Waals surface area (Å²) in [6.07, 6.45) is 1.09. The number of rotatable bonds is 6. The van der Waals surface area contributed by atoms with Crippen LogP contribution in [0.5, 0.6) is 0 Å². The van der Waals surface area contributed by atoms with Crippen molar-refractivity contribution in [3.05, 3.63) is 40.6 Å². The minimum absolute atomic E-state index is 0.0938. The van der Waals surface area contributed by atoms with Crippen LogP contribution in [0.25, 0.3) is 0 Å². The van der Waals surface area contributed by atoms with E-state index in [0.29, 0.717) is 5.69 Å². The molecule has 0 radical (unpaired) electrons. The Morgan fingerprint density at radius 1 is 1.17 bits per heavy atom. The predicted octanol–water partition coefficient (Wildman–Crippen LogP) is 2.16. The van der Waals surface area contributed by atoms with Gasteiger partial charge in [-0.3, -0.25) is 0 Å². The third-order valence-electron chi connectivity index (χ3n) is 2.68. The van der Waals surface area contributed by atoms with E-state index in [0.717, 1.165) is 20.4 Å². The lowest BCUT2D eigenvalue weighted by Gasteiger charge is -2.10. The van der Waals surface area contributed by atoms with E-state index in [9.17, 15) is 14.4 Å². The molecule has 1 aromatic carbocycles. The number of methoxy groups -OCH3 is 2. The van der Waals surface area contributed by atoms with Gasteiger partial charge in [0.25, 0.3) is 0 Å². The molecule has 23 heavy (non-hydrogen) atoms. The van der Waals surface area contributed by atoms with Gasteiger partial charge >= 0.3 is 17.9 Å². The molecule has 1 aromatic rings. The van der Waals surface area contributed by atoms with E-state index in [2.05, 4.69) is 14.8 Å². The van der Waals surface area contributed by atoms with E-state index in [-0.39, 0.29) is 22.8 Å². The molecule has 124 valence electrons. The number of hydrogen-bond acceptors (Lipinski definition) is 7. The van der Waals surface area contributed by atoms with Crippen molar-refractivity contribution in [1.29, 1.82) is 0 Å². The molecule has 0 heterocycles. The van der Waals surface area contributed by atoms with Crippen molar-refractivity contribution in [2.45, 2.75) is 6.92 Å². The van der Waals surface area contributed by atoms with Gasteiger partial charge in [0.15, 0.2) is 5.57 Å². The topological polar surface area (TPSA) is 90.9 Å². The highest BCUT2D eigenvalue weighted by Crippen LogP contribution is 2.26. The molecule has 1 rings (SSSR count). The summed E-state index contributed by atoms with van der Waals surface area (Å²) in [4.78, 5) is 34.8. The fourth-order valence-corrected chi connectivity index (χ4v) is 1.84. The van der Waals surface area contributed by atoms with Crippen LogP contribution in [0.3, 0.4) is 0 Å². The van der Waals surface area contributed by atoms with Crippen LogP contribution < -0.4 is 5.32 Å². The van der Waals surface area contributed by atoms with Gasteiger partial charge in [0.2, 0.25) is 0 Å². The van der Waals surface area contributed by atoms with E-state index in [1.807, 2.05) is 0 Å². The van der Waals surface area contributed by atoms with Crippen LogP contribution in [0, 0.1) is 0 Å². The molecule has 8 heteroatoms. The Bertz CT molecular complexity index is 623. The molecule has 0 aliphatic rings. The molecule has 0 spiro atoms. The first-order valence-electron chi connectivity index (χ1n) is 6.55. The molecule has 0 bridgehead atoms. The lowest BCUT2D eigenvalue weighted by molar-refractivity contribution is -0.144. The second kappa shape index (κ2) is 8.79. The monoisotopic (exact) mass is 341 g/mol. The van der Waals surface area contributed by atoms with E-state index in [4.69, 9.17) is 16.3 Å². The Kier molecular flexibility index (Phi) is 7.08. The Morgan fingerprint density at radius 3 is 2.30 bits per heavy atom. The van der Waals surface area contributed by atoms with Crippen molar-refractivity contribution in [2.24, 2.45) is 0 Å². The third-order valence-corrected chi connectivity index (χ3v) is 3.08. The fraction of sp³-hybridized carbons (Fsp3) is 0.267. The van der Waals surface area contributed by atoms with Crippen LogP contribution in [0.2, 0.25) is 5.02 Å². The number of carbonyl (C=O) groups excluding carboxylic acids is 3. The largest absolute Gasteiger partial charge is 0.465 e. The van der Waals surface area contributed by atoms with Crippen LogP contribution in [0.15, 0.2) is 30.0 Å². The minimum Gasteiger partial charge on any atom is -0.465 e. The maximum absolute atomic E-state index is 11.8. The summed E-state index contributed by atoms with van der Waals surface area (Å²) >= 11 is 6.12. The molecule has 0 saturated heterocycles. The zero-order valence-corrected chi connectivity index (χ0v) is 13.6. The third kappa shape index (κ3) is 4.72. The Hall–Kier alpha value is -2.54. The maximum atomic E-state index is 11.8. The Labute approximate surface area is 138 Å². The lowest BCUT2D eigenvalue weighted by Crippen LogP contribution is -2.17. The fourth-order valence-electron chi connectivity index (χ4n) is 1.58. The van der Waals surface area contributed by atoms with Gasteiger partial charge in [0, 0.05) is 6.20 Å². The van der Waals surface area contributed by atoms with Crippen LogP contribution in [-0.4, -0.2) is 38.7 Å². The maximum Gasteiger partial charge on any atom is 0.346 e.